The van der Waals surface area contributed by atoms with Crippen LogP contribution in [0.25, 0.3) is 5.69 Å². The quantitative estimate of drug-likeness (QED) is 0.910. The van der Waals surface area contributed by atoms with E-state index in [1.807, 2.05) is 29.1 Å². The normalized spacial score (nSPS) is 26.1. The van der Waals surface area contributed by atoms with E-state index < -0.39 is 0 Å². The van der Waals surface area contributed by atoms with Crippen LogP contribution in [0.5, 0.6) is 0 Å². The summed E-state index contributed by atoms with van der Waals surface area (Å²) in [5.41, 5.74) is 2.49. The summed E-state index contributed by atoms with van der Waals surface area (Å²) < 4.78 is 1.97. The maximum Gasteiger partial charge on any atom is 0.0645 e. The van der Waals surface area contributed by atoms with Crippen LogP contribution in [0.15, 0.2) is 42.7 Å². The van der Waals surface area contributed by atoms with E-state index in [0.717, 1.165) is 12.2 Å². The lowest BCUT2D eigenvalue weighted by molar-refractivity contribution is 0.187. The molecule has 1 heterocycles. The SMILES string of the molecule is CCNC1CC(c2cnn(-c3ccccc3)c2)C1C. The highest BCUT2D eigenvalue weighted by Gasteiger charge is 2.38. The Balaban J connectivity index is 1.73. The van der Waals surface area contributed by atoms with Gasteiger partial charge in [-0.1, -0.05) is 32.0 Å². The lowest BCUT2D eigenvalue weighted by Crippen LogP contribution is -2.47. The first-order valence-corrected chi connectivity index (χ1v) is 7.13. The molecule has 3 unspecified atom stereocenters. The zero-order valence-corrected chi connectivity index (χ0v) is 11.6. The Bertz CT molecular complexity index is 532. The third kappa shape index (κ3) is 2.30. The summed E-state index contributed by atoms with van der Waals surface area (Å²) in [5, 5.41) is 8.03. The molecule has 1 aromatic carbocycles. The zero-order valence-electron chi connectivity index (χ0n) is 11.6. The second kappa shape index (κ2) is 5.17. The van der Waals surface area contributed by atoms with E-state index in [1.54, 1.807) is 0 Å². The van der Waals surface area contributed by atoms with Crippen LogP contribution in [0.1, 0.15) is 31.7 Å². The summed E-state index contributed by atoms with van der Waals surface area (Å²) in [6.45, 7) is 5.57. The molecule has 0 bridgehead atoms. The minimum atomic E-state index is 0.654. The van der Waals surface area contributed by atoms with Gasteiger partial charge in [0.15, 0.2) is 0 Å². The van der Waals surface area contributed by atoms with Crippen LogP contribution in [0.2, 0.25) is 0 Å². The van der Waals surface area contributed by atoms with Gasteiger partial charge >= 0.3 is 0 Å². The van der Waals surface area contributed by atoms with Gasteiger partial charge in [-0.05, 0) is 42.5 Å². The summed E-state index contributed by atoms with van der Waals surface area (Å²) >= 11 is 0. The fraction of sp³-hybridized carbons (Fsp3) is 0.438. The monoisotopic (exact) mass is 255 g/mol. The molecule has 1 saturated carbocycles. The first kappa shape index (κ1) is 12.4. The van der Waals surface area contributed by atoms with Crippen LogP contribution < -0.4 is 5.32 Å². The van der Waals surface area contributed by atoms with E-state index in [1.165, 1.54) is 12.0 Å². The summed E-state index contributed by atoms with van der Waals surface area (Å²) in [7, 11) is 0. The van der Waals surface area contributed by atoms with Crippen LogP contribution in [-0.2, 0) is 0 Å². The van der Waals surface area contributed by atoms with Gasteiger partial charge in [-0.2, -0.15) is 5.10 Å². The first-order valence-electron chi connectivity index (χ1n) is 7.13. The molecule has 1 aliphatic carbocycles. The number of para-hydroxylation sites is 1. The largest absolute Gasteiger partial charge is 0.314 e. The minimum Gasteiger partial charge on any atom is -0.314 e. The van der Waals surface area contributed by atoms with Crippen LogP contribution in [0.3, 0.4) is 0 Å². The minimum absolute atomic E-state index is 0.654. The average molecular weight is 255 g/mol. The topological polar surface area (TPSA) is 29.9 Å². The highest BCUT2D eigenvalue weighted by Crippen LogP contribution is 2.42. The molecule has 0 amide bonds. The van der Waals surface area contributed by atoms with Gasteiger partial charge in [-0.25, -0.2) is 4.68 Å². The van der Waals surface area contributed by atoms with Crippen LogP contribution in [-0.4, -0.2) is 22.4 Å². The highest BCUT2D eigenvalue weighted by molar-refractivity contribution is 5.32. The number of rotatable bonds is 4. The maximum absolute atomic E-state index is 4.49. The van der Waals surface area contributed by atoms with Crippen LogP contribution >= 0.6 is 0 Å². The van der Waals surface area contributed by atoms with Crippen molar-refractivity contribution in [3.63, 3.8) is 0 Å². The molecule has 2 aromatic rings. The Labute approximate surface area is 114 Å². The molecule has 0 spiro atoms. The van der Waals surface area contributed by atoms with Crippen molar-refractivity contribution >= 4 is 0 Å². The number of hydrogen-bond donors (Lipinski definition) is 1. The lowest BCUT2D eigenvalue weighted by atomic mass is 9.68. The van der Waals surface area contributed by atoms with E-state index in [0.29, 0.717) is 17.9 Å². The molecule has 1 fully saturated rings. The molecule has 3 atom stereocenters. The van der Waals surface area contributed by atoms with E-state index in [-0.39, 0.29) is 0 Å². The molecule has 0 aliphatic heterocycles. The molecule has 19 heavy (non-hydrogen) atoms. The van der Waals surface area contributed by atoms with Crippen LogP contribution in [0.4, 0.5) is 0 Å². The fourth-order valence-electron chi connectivity index (χ4n) is 3.01. The molecule has 3 rings (SSSR count). The molecule has 0 saturated heterocycles. The molecule has 0 radical (unpaired) electrons. The number of aromatic nitrogens is 2. The van der Waals surface area contributed by atoms with Gasteiger partial charge in [-0.3, -0.25) is 0 Å². The second-order valence-electron chi connectivity index (χ2n) is 5.42. The summed E-state index contributed by atoms with van der Waals surface area (Å²) in [6.07, 6.45) is 5.44. The standard InChI is InChI=1S/C16H21N3/c1-3-17-16-9-15(12(16)2)13-10-18-19(11-13)14-7-5-4-6-8-14/h4-8,10-12,15-17H,3,9H2,1-2H3. The van der Waals surface area contributed by atoms with Crippen LogP contribution in [0, 0.1) is 5.92 Å². The average Bonchev–Trinajstić information content (AvgIpc) is 2.92. The number of nitrogens with one attached hydrogen (secondary N) is 1. The molecule has 1 aliphatic rings. The molecule has 1 aromatic heterocycles. The molecular weight excluding hydrogens is 234 g/mol. The summed E-state index contributed by atoms with van der Waals surface area (Å²) in [6, 6.07) is 11.0. The highest BCUT2D eigenvalue weighted by atomic mass is 15.3. The van der Waals surface area contributed by atoms with E-state index in [2.05, 4.69) is 42.6 Å². The van der Waals surface area contributed by atoms with Crippen molar-refractivity contribution in [3.05, 3.63) is 48.3 Å². The van der Waals surface area contributed by atoms with Gasteiger partial charge < -0.3 is 5.32 Å². The van der Waals surface area contributed by atoms with Crippen molar-refractivity contribution in [1.82, 2.24) is 15.1 Å². The van der Waals surface area contributed by atoms with Gasteiger partial charge in [0.05, 0.1) is 11.9 Å². The lowest BCUT2D eigenvalue weighted by Gasteiger charge is -2.43. The maximum atomic E-state index is 4.49. The Morgan fingerprint density at radius 3 is 2.79 bits per heavy atom. The Kier molecular flexibility index (Phi) is 3.38. The molecule has 3 nitrogen and oxygen atoms in total. The van der Waals surface area contributed by atoms with Crippen molar-refractivity contribution in [3.8, 4) is 5.69 Å². The van der Waals surface area contributed by atoms with Crippen molar-refractivity contribution in [1.29, 1.82) is 0 Å². The molecular formula is C16H21N3. The van der Waals surface area contributed by atoms with Crippen molar-refractivity contribution in [2.45, 2.75) is 32.2 Å². The van der Waals surface area contributed by atoms with Crippen molar-refractivity contribution in [2.24, 2.45) is 5.92 Å². The van der Waals surface area contributed by atoms with Gasteiger partial charge in [0.25, 0.3) is 0 Å². The smallest absolute Gasteiger partial charge is 0.0645 e. The summed E-state index contributed by atoms with van der Waals surface area (Å²) in [4.78, 5) is 0. The third-order valence-corrected chi connectivity index (χ3v) is 4.29. The van der Waals surface area contributed by atoms with E-state index in [4.69, 9.17) is 0 Å². The predicted octanol–water partition coefficient (Wildman–Crippen LogP) is 2.97. The second-order valence-corrected chi connectivity index (χ2v) is 5.42. The first-order chi connectivity index (χ1) is 9.29. The molecule has 100 valence electrons. The van der Waals surface area contributed by atoms with E-state index >= 15 is 0 Å². The number of nitrogens with zero attached hydrogens (tertiary/aromatic N) is 2. The zero-order chi connectivity index (χ0) is 13.2. The third-order valence-electron chi connectivity index (χ3n) is 4.29. The Morgan fingerprint density at radius 2 is 2.11 bits per heavy atom. The van der Waals surface area contributed by atoms with Gasteiger partial charge in [0, 0.05) is 12.2 Å². The molecule has 1 N–H and O–H groups in total. The van der Waals surface area contributed by atoms with Gasteiger partial charge in [0.2, 0.25) is 0 Å². The van der Waals surface area contributed by atoms with Crippen molar-refractivity contribution < 1.29 is 0 Å². The van der Waals surface area contributed by atoms with Gasteiger partial charge in [-0.15, -0.1) is 0 Å². The Morgan fingerprint density at radius 1 is 1.32 bits per heavy atom. The predicted molar refractivity (Wildman–Crippen MR) is 77.6 cm³/mol. The van der Waals surface area contributed by atoms with Crippen molar-refractivity contribution in [2.75, 3.05) is 6.54 Å². The summed E-state index contributed by atoms with van der Waals surface area (Å²) in [5.74, 6) is 1.36. The fourth-order valence-corrected chi connectivity index (χ4v) is 3.01. The Hall–Kier alpha value is -1.61. The van der Waals surface area contributed by atoms with E-state index in [9.17, 15) is 0 Å². The number of hydrogen-bond acceptors (Lipinski definition) is 2. The van der Waals surface area contributed by atoms with Gasteiger partial charge in [0.1, 0.15) is 0 Å². The molecule has 3 heteroatoms. The number of benzene rings is 1.